The number of likely N-dealkylation sites (N-methyl/N-ethyl adjacent to an activating group) is 2. The highest BCUT2D eigenvalue weighted by molar-refractivity contribution is 5.67. The van der Waals surface area contributed by atoms with Crippen molar-refractivity contribution in [1.29, 1.82) is 0 Å². The minimum absolute atomic E-state index is 0.0747. The second kappa shape index (κ2) is 6.70. The van der Waals surface area contributed by atoms with Gasteiger partial charge in [0.1, 0.15) is 6.61 Å². The Balaban J connectivity index is 2.32. The standard InChI is InChI=1S/C11H22N2O3/c1-3-13-6-4-5-10(13)9-12(2)11(15)16-8-7-14/h10,14H,3-9H2,1-2H3. The molecule has 0 spiro atoms. The number of amides is 1. The Labute approximate surface area is 97.0 Å². The lowest BCUT2D eigenvalue weighted by atomic mass is 10.2. The molecule has 1 saturated heterocycles. The normalized spacial score (nSPS) is 21.1. The molecule has 5 heteroatoms. The quantitative estimate of drug-likeness (QED) is 0.748. The number of ether oxygens (including phenoxy) is 1. The van der Waals surface area contributed by atoms with Gasteiger partial charge in [0.25, 0.3) is 0 Å². The molecule has 94 valence electrons. The smallest absolute Gasteiger partial charge is 0.409 e. The molecule has 0 aromatic carbocycles. The van der Waals surface area contributed by atoms with E-state index in [1.807, 2.05) is 0 Å². The summed E-state index contributed by atoms with van der Waals surface area (Å²) in [4.78, 5) is 15.4. The van der Waals surface area contributed by atoms with Crippen molar-refractivity contribution >= 4 is 6.09 Å². The number of carbonyl (C=O) groups excluding carboxylic acids is 1. The molecule has 1 amide bonds. The highest BCUT2D eigenvalue weighted by atomic mass is 16.6. The molecule has 0 aromatic heterocycles. The molecule has 0 aliphatic carbocycles. The number of rotatable bonds is 5. The fraction of sp³-hybridized carbons (Fsp3) is 0.909. The Bertz CT molecular complexity index is 223. The van der Waals surface area contributed by atoms with Gasteiger partial charge in [-0.15, -0.1) is 0 Å². The van der Waals surface area contributed by atoms with Gasteiger partial charge >= 0.3 is 6.09 Å². The van der Waals surface area contributed by atoms with E-state index in [4.69, 9.17) is 9.84 Å². The van der Waals surface area contributed by atoms with Crippen LogP contribution < -0.4 is 0 Å². The molecule has 1 aliphatic rings. The van der Waals surface area contributed by atoms with Crippen molar-refractivity contribution in [2.75, 3.05) is 39.9 Å². The first-order chi connectivity index (χ1) is 7.69. The van der Waals surface area contributed by atoms with Gasteiger partial charge in [-0.1, -0.05) is 6.92 Å². The van der Waals surface area contributed by atoms with Crippen LogP contribution in [0.1, 0.15) is 19.8 Å². The van der Waals surface area contributed by atoms with Crippen LogP contribution >= 0.6 is 0 Å². The van der Waals surface area contributed by atoms with Gasteiger partial charge in [-0.2, -0.15) is 0 Å². The Hall–Kier alpha value is -0.810. The van der Waals surface area contributed by atoms with Crippen LogP contribution in [0.4, 0.5) is 4.79 Å². The van der Waals surface area contributed by atoms with E-state index < -0.39 is 0 Å². The van der Waals surface area contributed by atoms with Crippen molar-refractivity contribution in [2.24, 2.45) is 0 Å². The molecule has 0 bridgehead atoms. The predicted octanol–water partition coefficient (Wildman–Crippen LogP) is 0.531. The Kier molecular flexibility index (Phi) is 5.55. The fourth-order valence-corrected chi connectivity index (χ4v) is 2.15. The van der Waals surface area contributed by atoms with Crippen LogP contribution in [-0.2, 0) is 4.74 Å². The molecule has 5 nitrogen and oxygen atoms in total. The maximum atomic E-state index is 11.5. The van der Waals surface area contributed by atoms with Crippen LogP contribution in [0.5, 0.6) is 0 Å². The molecule has 1 N–H and O–H groups in total. The first-order valence-electron chi connectivity index (χ1n) is 5.91. The van der Waals surface area contributed by atoms with Crippen molar-refractivity contribution in [3.8, 4) is 0 Å². The molecule has 1 rings (SSSR count). The minimum Gasteiger partial charge on any atom is -0.447 e. The van der Waals surface area contributed by atoms with Crippen molar-refractivity contribution in [1.82, 2.24) is 9.80 Å². The summed E-state index contributed by atoms with van der Waals surface area (Å²) in [6.45, 7) is 4.96. The van der Waals surface area contributed by atoms with Crippen molar-refractivity contribution in [3.63, 3.8) is 0 Å². The van der Waals surface area contributed by atoms with Gasteiger partial charge in [0.05, 0.1) is 6.61 Å². The van der Waals surface area contributed by atoms with Crippen LogP contribution in [0, 0.1) is 0 Å². The molecule has 1 unspecified atom stereocenters. The lowest BCUT2D eigenvalue weighted by Gasteiger charge is -2.27. The van der Waals surface area contributed by atoms with E-state index in [9.17, 15) is 4.79 Å². The lowest BCUT2D eigenvalue weighted by Crippen LogP contribution is -2.41. The highest BCUT2D eigenvalue weighted by Crippen LogP contribution is 2.17. The van der Waals surface area contributed by atoms with E-state index in [1.165, 1.54) is 6.42 Å². The summed E-state index contributed by atoms with van der Waals surface area (Å²) < 4.78 is 4.85. The number of hydrogen-bond acceptors (Lipinski definition) is 4. The average Bonchev–Trinajstić information content (AvgIpc) is 2.72. The summed E-state index contributed by atoms with van der Waals surface area (Å²) in [5, 5.41) is 8.56. The van der Waals surface area contributed by atoms with E-state index in [0.29, 0.717) is 12.6 Å². The zero-order valence-electron chi connectivity index (χ0n) is 10.2. The van der Waals surface area contributed by atoms with Gasteiger partial charge in [0.2, 0.25) is 0 Å². The molecular weight excluding hydrogens is 208 g/mol. The summed E-state index contributed by atoms with van der Waals surface area (Å²) in [6.07, 6.45) is 2.00. The van der Waals surface area contributed by atoms with Crippen LogP contribution in [0.15, 0.2) is 0 Å². The van der Waals surface area contributed by atoms with E-state index in [2.05, 4.69) is 11.8 Å². The van der Waals surface area contributed by atoms with Gasteiger partial charge in [0.15, 0.2) is 0 Å². The number of nitrogens with zero attached hydrogens (tertiary/aromatic N) is 2. The van der Waals surface area contributed by atoms with Gasteiger partial charge < -0.3 is 14.7 Å². The van der Waals surface area contributed by atoms with Crippen LogP contribution in [-0.4, -0.2) is 66.9 Å². The van der Waals surface area contributed by atoms with E-state index in [0.717, 1.165) is 19.5 Å². The molecule has 0 aromatic rings. The minimum atomic E-state index is -0.350. The first-order valence-corrected chi connectivity index (χ1v) is 5.91. The lowest BCUT2D eigenvalue weighted by molar-refractivity contribution is 0.0837. The zero-order valence-corrected chi connectivity index (χ0v) is 10.2. The van der Waals surface area contributed by atoms with Crippen molar-refractivity contribution in [2.45, 2.75) is 25.8 Å². The van der Waals surface area contributed by atoms with Crippen LogP contribution in [0.25, 0.3) is 0 Å². The number of aliphatic hydroxyl groups is 1. The largest absolute Gasteiger partial charge is 0.447 e. The topological polar surface area (TPSA) is 53.0 Å². The average molecular weight is 230 g/mol. The van der Waals surface area contributed by atoms with Gasteiger partial charge in [-0.25, -0.2) is 4.79 Å². The molecule has 0 saturated carbocycles. The van der Waals surface area contributed by atoms with Gasteiger partial charge in [-0.3, -0.25) is 4.90 Å². The number of aliphatic hydroxyl groups excluding tert-OH is 1. The van der Waals surface area contributed by atoms with E-state index in [1.54, 1.807) is 11.9 Å². The summed E-state index contributed by atoms with van der Waals surface area (Å²) in [5.74, 6) is 0. The highest BCUT2D eigenvalue weighted by Gasteiger charge is 2.25. The second-order valence-electron chi connectivity index (χ2n) is 4.14. The SMILES string of the molecule is CCN1CCCC1CN(C)C(=O)OCCO. The molecule has 1 fully saturated rings. The summed E-state index contributed by atoms with van der Waals surface area (Å²) in [7, 11) is 1.74. The first kappa shape index (κ1) is 13.3. The Morgan fingerprint density at radius 1 is 1.62 bits per heavy atom. The molecule has 16 heavy (non-hydrogen) atoms. The second-order valence-corrected chi connectivity index (χ2v) is 4.14. The number of likely N-dealkylation sites (tertiary alicyclic amines) is 1. The Morgan fingerprint density at radius 2 is 2.38 bits per heavy atom. The van der Waals surface area contributed by atoms with Crippen molar-refractivity contribution in [3.05, 3.63) is 0 Å². The maximum Gasteiger partial charge on any atom is 0.409 e. The molecule has 1 atom stereocenters. The van der Waals surface area contributed by atoms with Crippen LogP contribution in [0.3, 0.4) is 0 Å². The van der Waals surface area contributed by atoms with E-state index >= 15 is 0 Å². The summed E-state index contributed by atoms with van der Waals surface area (Å²) in [6, 6.07) is 0.455. The maximum absolute atomic E-state index is 11.5. The monoisotopic (exact) mass is 230 g/mol. The van der Waals surface area contributed by atoms with Gasteiger partial charge in [0, 0.05) is 19.6 Å². The van der Waals surface area contributed by atoms with E-state index in [-0.39, 0.29) is 19.3 Å². The third kappa shape index (κ3) is 3.64. The van der Waals surface area contributed by atoms with Crippen molar-refractivity contribution < 1.29 is 14.6 Å². The molecule has 1 aliphatic heterocycles. The third-order valence-corrected chi connectivity index (χ3v) is 3.02. The predicted molar refractivity (Wildman–Crippen MR) is 61.3 cm³/mol. The molecule has 1 heterocycles. The van der Waals surface area contributed by atoms with Crippen LogP contribution in [0.2, 0.25) is 0 Å². The number of carbonyl (C=O) groups is 1. The Morgan fingerprint density at radius 3 is 3.00 bits per heavy atom. The summed E-state index contributed by atoms with van der Waals surface area (Å²) >= 11 is 0. The van der Waals surface area contributed by atoms with Gasteiger partial charge in [-0.05, 0) is 25.9 Å². The third-order valence-electron chi connectivity index (χ3n) is 3.02. The number of hydrogen-bond donors (Lipinski definition) is 1. The molecule has 0 radical (unpaired) electrons. The fourth-order valence-electron chi connectivity index (χ4n) is 2.15. The zero-order chi connectivity index (χ0) is 12.0. The summed E-state index contributed by atoms with van der Waals surface area (Å²) in [5.41, 5.74) is 0. The molecular formula is C11H22N2O3.